The molecule has 1 aliphatic heterocycles. The van der Waals surface area contributed by atoms with Crippen molar-refractivity contribution < 1.29 is 4.42 Å². The second kappa shape index (κ2) is 5.58. The van der Waals surface area contributed by atoms with Gasteiger partial charge in [-0.05, 0) is 32.4 Å². The van der Waals surface area contributed by atoms with E-state index >= 15 is 0 Å². The van der Waals surface area contributed by atoms with Crippen molar-refractivity contribution in [2.75, 3.05) is 6.54 Å². The number of hydrogen-bond donors (Lipinski definition) is 0. The molecule has 3 rings (SSSR count). The summed E-state index contributed by atoms with van der Waals surface area (Å²) in [6, 6.07) is 3.55. The first-order chi connectivity index (χ1) is 9.74. The molecule has 0 spiro atoms. The number of nitrogens with zero attached hydrogens (tertiary/aromatic N) is 4. The Morgan fingerprint density at radius 3 is 3.15 bits per heavy atom. The highest BCUT2D eigenvalue weighted by Gasteiger charge is 2.26. The van der Waals surface area contributed by atoms with Gasteiger partial charge in [-0.1, -0.05) is 0 Å². The smallest absolute Gasteiger partial charge is 0.266 e. The maximum absolute atomic E-state index is 11.7. The van der Waals surface area contributed by atoms with E-state index in [1.807, 2.05) is 6.92 Å². The van der Waals surface area contributed by atoms with Crippen molar-refractivity contribution in [2.45, 2.75) is 38.9 Å². The van der Waals surface area contributed by atoms with Crippen molar-refractivity contribution in [1.29, 1.82) is 0 Å². The molecular formula is C14H18N4O2. The van der Waals surface area contributed by atoms with Crippen LogP contribution in [0.15, 0.2) is 33.9 Å². The number of aromatic nitrogens is 3. The van der Waals surface area contributed by atoms with Gasteiger partial charge in [0.2, 0.25) is 0 Å². The van der Waals surface area contributed by atoms with Gasteiger partial charge in [-0.25, -0.2) is 9.67 Å². The predicted octanol–water partition coefficient (Wildman–Crippen LogP) is 1.20. The van der Waals surface area contributed by atoms with Gasteiger partial charge in [0.15, 0.2) is 6.39 Å². The second-order valence-corrected chi connectivity index (χ2v) is 5.17. The largest absolute Gasteiger partial charge is 0.448 e. The minimum atomic E-state index is -0.0445. The fourth-order valence-electron chi connectivity index (χ4n) is 2.71. The van der Waals surface area contributed by atoms with E-state index in [-0.39, 0.29) is 5.56 Å². The highest BCUT2D eigenvalue weighted by Crippen LogP contribution is 2.21. The molecule has 20 heavy (non-hydrogen) atoms. The van der Waals surface area contributed by atoms with Crippen molar-refractivity contribution in [3.05, 3.63) is 46.5 Å². The lowest BCUT2D eigenvalue weighted by atomic mass is 10.2. The fourth-order valence-corrected chi connectivity index (χ4v) is 2.71. The minimum absolute atomic E-state index is 0.0445. The van der Waals surface area contributed by atoms with Gasteiger partial charge in [0.1, 0.15) is 5.76 Å². The van der Waals surface area contributed by atoms with Crippen molar-refractivity contribution in [3.63, 3.8) is 0 Å². The Kier molecular flexibility index (Phi) is 3.64. The van der Waals surface area contributed by atoms with Gasteiger partial charge >= 0.3 is 0 Å². The molecule has 1 unspecified atom stereocenters. The second-order valence-electron chi connectivity index (χ2n) is 5.17. The molecule has 2 aromatic rings. The molecule has 1 atom stereocenters. The van der Waals surface area contributed by atoms with Crippen LogP contribution in [0.25, 0.3) is 0 Å². The van der Waals surface area contributed by atoms with E-state index in [2.05, 4.69) is 15.0 Å². The summed E-state index contributed by atoms with van der Waals surface area (Å²) in [5.74, 6) is 0.866. The van der Waals surface area contributed by atoms with Gasteiger partial charge in [0.05, 0.1) is 12.2 Å². The van der Waals surface area contributed by atoms with Crippen molar-refractivity contribution in [3.8, 4) is 0 Å². The third kappa shape index (κ3) is 2.65. The molecule has 0 bridgehead atoms. The molecule has 2 aromatic heterocycles. The summed E-state index contributed by atoms with van der Waals surface area (Å²) >= 11 is 0. The zero-order valence-electron chi connectivity index (χ0n) is 11.5. The average Bonchev–Trinajstić information content (AvgIpc) is 3.04. The first-order valence-corrected chi connectivity index (χ1v) is 6.89. The van der Waals surface area contributed by atoms with Crippen LogP contribution in [0.4, 0.5) is 0 Å². The maximum Gasteiger partial charge on any atom is 0.266 e. The fraction of sp³-hybridized carbons (Fsp3) is 0.500. The highest BCUT2D eigenvalue weighted by molar-refractivity contribution is 5.05. The first-order valence-electron chi connectivity index (χ1n) is 6.89. The molecule has 3 heterocycles. The molecule has 0 aromatic carbocycles. The van der Waals surface area contributed by atoms with E-state index in [1.165, 1.54) is 6.39 Å². The van der Waals surface area contributed by atoms with E-state index < -0.39 is 0 Å². The summed E-state index contributed by atoms with van der Waals surface area (Å²) in [7, 11) is 0. The molecule has 0 amide bonds. The molecule has 0 radical (unpaired) electrons. The Balaban J connectivity index is 1.71. The molecule has 6 nitrogen and oxygen atoms in total. The van der Waals surface area contributed by atoms with Crippen LogP contribution in [-0.4, -0.2) is 32.3 Å². The quantitative estimate of drug-likeness (QED) is 0.838. The van der Waals surface area contributed by atoms with Gasteiger partial charge in [0, 0.05) is 24.8 Å². The number of hydrogen-bond acceptors (Lipinski definition) is 5. The van der Waals surface area contributed by atoms with Crippen molar-refractivity contribution in [1.82, 2.24) is 19.7 Å². The Morgan fingerprint density at radius 1 is 1.50 bits per heavy atom. The Bertz CT molecular complexity index is 634. The summed E-state index contributed by atoms with van der Waals surface area (Å²) < 4.78 is 6.78. The third-order valence-electron chi connectivity index (χ3n) is 3.87. The van der Waals surface area contributed by atoms with Gasteiger partial charge in [-0.3, -0.25) is 9.69 Å². The highest BCUT2D eigenvalue weighted by atomic mass is 16.3. The SMILES string of the molecule is Cc1ocnc1CN1CCCC1Cn1ncccc1=O. The lowest BCUT2D eigenvalue weighted by Gasteiger charge is -2.23. The molecule has 1 saturated heterocycles. The van der Waals surface area contributed by atoms with Gasteiger partial charge in [-0.2, -0.15) is 5.10 Å². The van der Waals surface area contributed by atoms with Crippen LogP contribution in [0.5, 0.6) is 0 Å². The van der Waals surface area contributed by atoms with Crippen LogP contribution in [0.3, 0.4) is 0 Å². The monoisotopic (exact) mass is 274 g/mol. The Morgan fingerprint density at radius 2 is 2.40 bits per heavy atom. The van der Waals surface area contributed by atoms with Crippen molar-refractivity contribution in [2.24, 2.45) is 0 Å². The number of oxazole rings is 1. The third-order valence-corrected chi connectivity index (χ3v) is 3.87. The lowest BCUT2D eigenvalue weighted by molar-refractivity contribution is 0.213. The summed E-state index contributed by atoms with van der Waals surface area (Å²) in [5.41, 5.74) is 0.933. The van der Waals surface area contributed by atoms with E-state index in [0.29, 0.717) is 12.6 Å². The van der Waals surface area contributed by atoms with Crippen LogP contribution in [-0.2, 0) is 13.1 Å². The molecule has 106 valence electrons. The predicted molar refractivity (Wildman–Crippen MR) is 73.2 cm³/mol. The van der Waals surface area contributed by atoms with E-state index in [4.69, 9.17) is 4.42 Å². The van der Waals surface area contributed by atoms with Crippen LogP contribution in [0, 0.1) is 6.92 Å². The van der Waals surface area contributed by atoms with Crippen molar-refractivity contribution >= 4 is 0 Å². The number of rotatable bonds is 4. The van der Waals surface area contributed by atoms with Crippen LogP contribution >= 0.6 is 0 Å². The molecule has 1 aliphatic rings. The summed E-state index contributed by atoms with van der Waals surface area (Å²) in [5, 5.41) is 4.13. The van der Waals surface area contributed by atoms with E-state index in [1.54, 1.807) is 23.0 Å². The molecule has 1 fully saturated rings. The minimum Gasteiger partial charge on any atom is -0.448 e. The zero-order valence-corrected chi connectivity index (χ0v) is 11.5. The van der Waals surface area contributed by atoms with Gasteiger partial charge in [0.25, 0.3) is 5.56 Å². The number of likely N-dealkylation sites (tertiary alicyclic amines) is 1. The van der Waals surface area contributed by atoms with E-state index in [0.717, 1.165) is 37.4 Å². The zero-order chi connectivity index (χ0) is 13.9. The normalized spacial score (nSPS) is 19.6. The summed E-state index contributed by atoms with van der Waals surface area (Å²) in [4.78, 5) is 18.3. The Hall–Kier alpha value is -1.95. The molecular weight excluding hydrogens is 256 g/mol. The standard InChI is InChI=1S/C14H18N4O2/c1-11-13(15-10-20-11)9-17-7-3-4-12(17)8-18-14(19)5-2-6-16-18/h2,5-6,10,12H,3-4,7-9H2,1H3. The first kappa shape index (κ1) is 13.1. The Labute approximate surface area is 117 Å². The molecule has 0 N–H and O–H groups in total. The lowest BCUT2D eigenvalue weighted by Crippen LogP contribution is -2.36. The van der Waals surface area contributed by atoms with E-state index in [9.17, 15) is 4.79 Å². The summed E-state index contributed by atoms with van der Waals surface area (Å²) in [6.07, 6.45) is 5.37. The maximum atomic E-state index is 11.7. The van der Waals surface area contributed by atoms with Crippen LogP contribution in [0.1, 0.15) is 24.3 Å². The molecule has 6 heteroatoms. The molecule has 0 saturated carbocycles. The topological polar surface area (TPSA) is 64.2 Å². The van der Waals surface area contributed by atoms with Crippen LogP contribution < -0.4 is 5.56 Å². The average molecular weight is 274 g/mol. The summed E-state index contributed by atoms with van der Waals surface area (Å²) in [6.45, 7) is 4.36. The van der Waals surface area contributed by atoms with Gasteiger partial charge < -0.3 is 4.42 Å². The van der Waals surface area contributed by atoms with Crippen LogP contribution in [0.2, 0.25) is 0 Å². The number of aryl methyl sites for hydroxylation is 1. The van der Waals surface area contributed by atoms with Gasteiger partial charge in [-0.15, -0.1) is 0 Å². The molecule has 0 aliphatic carbocycles.